The Kier molecular flexibility index (Phi) is 20.0. The number of rotatable bonds is 22. The summed E-state index contributed by atoms with van der Waals surface area (Å²) >= 11 is 0. The standard InChI is InChI=1S/C25H49NO6P/c1-5-6-7-8-9-10-11-12-13-14-15-16-17-18-19-20-25(27)30-23-24-32-33(28,29)31-22-21-26(2,3)4/h12-13,23H,5-11,14-22,24H2,1-4H3/q+1/p+1/b13-12-. The van der Waals surface area contributed by atoms with Gasteiger partial charge in [0.25, 0.3) is 0 Å². The van der Waals surface area contributed by atoms with Crippen molar-refractivity contribution in [2.45, 2.75) is 96.8 Å². The number of phosphoric ester groups is 1. The van der Waals surface area contributed by atoms with E-state index in [2.05, 4.69) is 19.1 Å². The van der Waals surface area contributed by atoms with Crippen LogP contribution in [0.4, 0.5) is 0 Å². The number of aldehydes is 1. The predicted octanol–water partition coefficient (Wildman–Crippen LogP) is 6.12. The number of quaternary nitrogens is 1. The van der Waals surface area contributed by atoms with E-state index in [0.717, 1.165) is 32.0 Å². The second kappa shape index (κ2) is 20.5. The first-order chi connectivity index (χ1) is 15.7. The van der Waals surface area contributed by atoms with Gasteiger partial charge in [0, 0.05) is 4.79 Å². The summed E-state index contributed by atoms with van der Waals surface area (Å²) in [5, 5.41) is 0. The SMILES string of the molecule is CCCCCCCC/C=C\CCCCCCCC(=O)[O+]=CCOP(=O)(O)OCC[N+](C)(C)C. The van der Waals surface area contributed by atoms with Crippen LogP contribution in [0.2, 0.25) is 0 Å². The molecule has 1 unspecified atom stereocenters. The number of likely N-dealkylation sites (N-methyl/N-ethyl adjacent to an activating group) is 1. The summed E-state index contributed by atoms with van der Waals surface area (Å²) in [7, 11) is 1.73. The molecule has 0 fully saturated rings. The van der Waals surface area contributed by atoms with Crippen LogP contribution in [0.15, 0.2) is 12.2 Å². The van der Waals surface area contributed by atoms with E-state index in [1.807, 2.05) is 21.1 Å². The summed E-state index contributed by atoms with van der Waals surface area (Å²) in [6, 6.07) is 0. The van der Waals surface area contributed by atoms with Gasteiger partial charge in [-0.3, -0.25) is 13.5 Å². The van der Waals surface area contributed by atoms with Crippen molar-refractivity contribution < 1.29 is 32.2 Å². The van der Waals surface area contributed by atoms with Crippen LogP contribution in [0.3, 0.4) is 0 Å². The molecule has 0 bridgehead atoms. The van der Waals surface area contributed by atoms with Gasteiger partial charge in [-0.1, -0.05) is 70.4 Å². The molecule has 0 aliphatic carbocycles. The molecule has 0 aliphatic rings. The van der Waals surface area contributed by atoms with Crippen LogP contribution >= 0.6 is 7.82 Å². The van der Waals surface area contributed by atoms with E-state index in [1.54, 1.807) is 0 Å². The van der Waals surface area contributed by atoms with Gasteiger partial charge < -0.3 is 9.38 Å². The monoisotopic (exact) mass is 491 g/mol. The van der Waals surface area contributed by atoms with Gasteiger partial charge in [-0.2, -0.15) is 0 Å². The third-order valence-corrected chi connectivity index (χ3v) is 6.16. The van der Waals surface area contributed by atoms with E-state index < -0.39 is 7.82 Å². The number of hydrogen-bond acceptors (Lipinski definition) is 4. The Morgan fingerprint density at radius 1 is 0.879 bits per heavy atom. The molecule has 0 heterocycles. The first-order valence-electron chi connectivity index (χ1n) is 12.7. The molecule has 0 saturated carbocycles. The van der Waals surface area contributed by atoms with Gasteiger partial charge >= 0.3 is 13.8 Å². The number of unbranched alkanes of at least 4 members (excludes halogenated alkanes) is 11. The predicted molar refractivity (Wildman–Crippen MR) is 135 cm³/mol. The Balaban J connectivity index is 3.57. The largest absolute Gasteiger partial charge is 0.579 e. The average Bonchev–Trinajstić information content (AvgIpc) is 2.73. The van der Waals surface area contributed by atoms with Crippen LogP contribution < -0.4 is 0 Å². The van der Waals surface area contributed by atoms with Crippen molar-refractivity contribution in [3.05, 3.63) is 12.2 Å². The van der Waals surface area contributed by atoms with E-state index in [0.29, 0.717) is 17.4 Å². The minimum Gasteiger partial charge on any atom is -0.329 e. The topological polar surface area (TPSA) is 84.1 Å². The summed E-state index contributed by atoms with van der Waals surface area (Å²) in [5.74, 6) is -0.352. The lowest BCUT2D eigenvalue weighted by atomic mass is 10.1. The first-order valence-corrected chi connectivity index (χ1v) is 14.2. The fourth-order valence-corrected chi connectivity index (χ4v) is 3.75. The Morgan fingerprint density at radius 2 is 1.42 bits per heavy atom. The molecule has 7 nitrogen and oxygen atoms in total. The number of carbonyl (C=O) groups excluding carboxylic acids is 2. The van der Waals surface area contributed by atoms with Crippen molar-refractivity contribution in [1.82, 2.24) is 0 Å². The molecule has 1 atom stereocenters. The van der Waals surface area contributed by atoms with Crippen LogP contribution in [0.25, 0.3) is 0 Å². The summed E-state index contributed by atoms with van der Waals surface area (Å²) in [5.41, 5.74) is 0. The van der Waals surface area contributed by atoms with Crippen molar-refractivity contribution in [2.24, 2.45) is 0 Å². The maximum Gasteiger partial charge on any atom is 0.579 e. The number of phosphoric acid groups is 1. The number of carbonyl (C=O) groups is 1. The average molecular weight is 492 g/mol. The van der Waals surface area contributed by atoms with E-state index in [4.69, 9.17) is 13.5 Å². The fourth-order valence-electron chi connectivity index (χ4n) is 3.12. The van der Waals surface area contributed by atoms with Gasteiger partial charge in [-0.25, -0.2) is 4.57 Å². The molecule has 0 saturated heterocycles. The molecule has 0 spiro atoms. The number of nitrogens with zero attached hydrogens (tertiary/aromatic N) is 1. The highest BCUT2D eigenvalue weighted by Gasteiger charge is 2.22. The Labute approximate surface area is 202 Å². The zero-order valence-corrected chi connectivity index (χ0v) is 22.5. The number of allylic oxidation sites excluding steroid dienone is 2. The molecule has 0 aliphatic heterocycles. The third kappa shape index (κ3) is 25.6. The molecule has 1 N–H and O–H groups in total. The van der Waals surface area contributed by atoms with Crippen LogP contribution in [0.5, 0.6) is 0 Å². The van der Waals surface area contributed by atoms with E-state index >= 15 is 0 Å². The third-order valence-electron chi connectivity index (χ3n) is 5.18. The van der Waals surface area contributed by atoms with Gasteiger partial charge in [-0.15, -0.1) is 0 Å². The van der Waals surface area contributed by atoms with Crippen LogP contribution in [-0.4, -0.2) is 62.5 Å². The summed E-state index contributed by atoms with van der Waals surface area (Å²) < 4.78 is 26.9. The van der Waals surface area contributed by atoms with Gasteiger partial charge in [0.15, 0.2) is 0 Å². The quantitative estimate of drug-likeness (QED) is 0.0492. The van der Waals surface area contributed by atoms with Crippen molar-refractivity contribution in [2.75, 3.05) is 40.9 Å². The molecule has 8 heteroatoms. The Hall–Kier alpha value is -0.850. The lowest BCUT2D eigenvalue weighted by Crippen LogP contribution is -2.37. The summed E-state index contributed by atoms with van der Waals surface area (Å²) in [6.45, 7) is 2.64. The number of hydrogen-bond donors (Lipinski definition) is 1. The molecular formula is C25H50NO6P+2. The van der Waals surface area contributed by atoms with Gasteiger partial charge in [0.2, 0.25) is 6.29 Å². The second-order valence-electron chi connectivity index (χ2n) is 9.60. The van der Waals surface area contributed by atoms with Gasteiger partial charge in [0.1, 0.15) is 26.2 Å². The van der Waals surface area contributed by atoms with Crippen molar-refractivity contribution >= 4 is 20.1 Å². The van der Waals surface area contributed by atoms with Crippen molar-refractivity contribution in [1.29, 1.82) is 0 Å². The van der Waals surface area contributed by atoms with Crippen LogP contribution in [0.1, 0.15) is 96.8 Å². The lowest BCUT2D eigenvalue weighted by molar-refractivity contribution is -0.870. The molecule has 0 aromatic carbocycles. The maximum absolute atomic E-state index is 11.7. The molecule has 0 amide bonds. The summed E-state index contributed by atoms with van der Waals surface area (Å²) in [6.07, 6.45) is 21.8. The Bertz CT molecular complexity index is 586. The molecular weight excluding hydrogens is 441 g/mol. The molecule has 0 radical (unpaired) electrons. The summed E-state index contributed by atoms with van der Waals surface area (Å²) in [4.78, 5) is 21.3. The molecule has 0 aromatic heterocycles. The van der Waals surface area contributed by atoms with Crippen LogP contribution in [-0.2, 0) is 22.8 Å². The minimum absolute atomic E-state index is 0.104. The smallest absolute Gasteiger partial charge is 0.329 e. The van der Waals surface area contributed by atoms with Crippen molar-refractivity contribution in [3.8, 4) is 0 Å². The van der Waals surface area contributed by atoms with Crippen molar-refractivity contribution in [3.63, 3.8) is 0 Å². The highest BCUT2D eigenvalue weighted by Crippen LogP contribution is 2.42. The van der Waals surface area contributed by atoms with E-state index in [1.165, 1.54) is 57.8 Å². The van der Waals surface area contributed by atoms with E-state index in [-0.39, 0.29) is 19.2 Å². The zero-order chi connectivity index (χ0) is 24.8. The highest BCUT2D eigenvalue weighted by molar-refractivity contribution is 7.47. The molecule has 0 aromatic rings. The molecule has 194 valence electrons. The minimum atomic E-state index is -4.13. The lowest BCUT2D eigenvalue weighted by Gasteiger charge is -2.23. The first kappa shape index (κ1) is 32.1. The fraction of sp³-hybridized carbons (Fsp3) is 0.840. The van der Waals surface area contributed by atoms with Gasteiger partial charge in [-0.05, 0) is 32.1 Å². The highest BCUT2D eigenvalue weighted by atomic mass is 31.2. The Morgan fingerprint density at radius 3 is 2.00 bits per heavy atom. The molecule has 33 heavy (non-hydrogen) atoms. The van der Waals surface area contributed by atoms with E-state index in [9.17, 15) is 14.3 Å². The van der Waals surface area contributed by atoms with Gasteiger partial charge in [0.05, 0.1) is 21.1 Å². The second-order valence-corrected chi connectivity index (χ2v) is 11.1. The normalized spacial score (nSPS) is 14.3. The van der Waals surface area contributed by atoms with Crippen LogP contribution in [0, 0.1) is 0 Å². The maximum atomic E-state index is 11.7. The zero-order valence-electron chi connectivity index (χ0n) is 21.6. The molecule has 0 rings (SSSR count).